The van der Waals surface area contributed by atoms with Crippen LogP contribution < -0.4 is 0 Å². The van der Waals surface area contributed by atoms with E-state index in [2.05, 4.69) is 27.7 Å². The van der Waals surface area contributed by atoms with E-state index in [-0.39, 0.29) is 0 Å². The molecule has 84 valence electrons. The van der Waals surface area contributed by atoms with Gasteiger partial charge in [-0.3, -0.25) is 0 Å². The van der Waals surface area contributed by atoms with Crippen LogP contribution >= 0.6 is 11.6 Å². The second-order valence-corrected chi connectivity index (χ2v) is 5.79. The molecule has 0 aromatic carbocycles. The first-order chi connectivity index (χ1) is 6.56. The third kappa shape index (κ3) is 2.10. The standard InChI is InChI=1S/C13H25Cl/c1-5-11(3)13(4,8-9-14)12-7-6-10(12)2/h10-12H,5-9H2,1-4H3/t10?,11-,12?,13+/m1/s1. The molecule has 1 aliphatic carbocycles. The Morgan fingerprint density at radius 3 is 2.36 bits per heavy atom. The van der Waals surface area contributed by atoms with Gasteiger partial charge in [-0.25, -0.2) is 0 Å². The minimum Gasteiger partial charge on any atom is -0.127 e. The second-order valence-electron chi connectivity index (χ2n) is 5.42. The van der Waals surface area contributed by atoms with Crippen LogP contribution in [0.25, 0.3) is 0 Å². The molecule has 14 heavy (non-hydrogen) atoms. The van der Waals surface area contributed by atoms with E-state index in [1.54, 1.807) is 0 Å². The van der Waals surface area contributed by atoms with Crippen LogP contribution in [0.5, 0.6) is 0 Å². The Hall–Kier alpha value is 0.290. The van der Waals surface area contributed by atoms with Gasteiger partial charge in [-0.15, -0.1) is 11.6 Å². The summed E-state index contributed by atoms with van der Waals surface area (Å²) in [5, 5.41) is 0. The maximum atomic E-state index is 5.96. The zero-order chi connectivity index (χ0) is 10.8. The molecule has 0 aromatic rings. The highest BCUT2D eigenvalue weighted by Gasteiger charge is 2.44. The zero-order valence-corrected chi connectivity index (χ0v) is 10.9. The highest BCUT2D eigenvalue weighted by molar-refractivity contribution is 6.17. The molecular formula is C13H25Cl. The molecule has 0 bridgehead atoms. The summed E-state index contributed by atoms with van der Waals surface area (Å²) in [6, 6.07) is 0. The van der Waals surface area contributed by atoms with E-state index in [0.29, 0.717) is 5.41 Å². The van der Waals surface area contributed by atoms with Gasteiger partial charge in [0.15, 0.2) is 0 Å². The van der Waals surface area contributed by atoms with Crippen molar-refractivity contribution in [3.05, 3.63) is 0 Å². The van der Waals surface area contributed by atoms with Crippen LogP contribution in [0.2, 0.25) is 0 Å². The topological polar surface area (TPSA) is 0 Å². The molecule has 0 nitrogen and oxygen atoms in total. The molecule has 0 amide bonds. The first-order valence-electron chi connectivity index (χ1n) is 6.12. The fraction of sp³-hybridized carbons (Fsp3) is 1.00. The van der Waals surface area contributed by atoms with Crippen molar-refractivity contribution in [1.82, 2.24) is 0 Å². The van der Waals surface area contributed by atoms with Crippen molar-refractivity contribution in [1.29, 1.82) is 0 Å². The lowest BCUT2D eigenvalue weighted by molar-refractivity contribution is -0.00691. The maximum Gasteiger partial charge on any atom is 0.0228 e. The molecule has 1 rings (SSSR count). The van der Waals surface area contributed by atoms with Gasteiger partial charge in [-0.1, -0.05) is 40.5 Å². The Morgan fingerprint density at radius 1 is 1.43 bits per heavy atom. The van der Waals surface area contributed by atoms with Crippen molar-refractivity contribution in [3.8, 4) is 0 Å². The zero-order valence-electron chi connectivity index (χ0n) is 10.1. The first kappa shape index (κ1) is 12.4. The first-order valence-corrected chi connectivity index (χ1v) is 6.65. The predicted octanol–water partition coefficient (Wildman–Crippen LogP) is 4.71. The lowest BCUT2D eigenvalue weighted by Gasteiger charge is -2.51. The van der Waals surface area contributed by atoms with Gasteiger partial charge in [0.1, 0.15) is 0 Å². The number of hydrogen-bond donors (Lipinski definition) is 0. The minimum atomic E-state index is 0.494. The Balaban J connectivity index is 2.69. The predicted molar refractivity (Wildman–Crippen MR) is 64.8 cm³/mol. The fourth-order valence-electron chi connectivity index (χ4n) is 3.11. The number of alkyl halides is 1. The van der Waals surface area contributed by atoms with Crippen molar-refractivity contribution in [2.45, 2.75) is 53.4 Å². The summed E-state index contributed by atoms with van der Waals surface area (Å²) < 4.78 is 0. The largest absolute Gasteiger partial charge is 0.127 e. The normalized spacial score (nSPS) is 33.2. The summed E-state index contributed by atoms with van der Waals surface area (Å²) >= 11 is 5.96. The molecule has 0 aliphatic heterocycles. The Bertz CT molecular complexity index is 178. The lowest BCUT2D eigenvalue weighted by atomic mass is 9.55. The molecule has 1 fully saturated rings. The summed E-state index contributed by atoms with van der Waals surface area (Å²) in [5.41, 5.74) is 0.494. The van der Waals surface area contributed by atoms with Crippen LogP contribution in [-0.4, -0.2) is 5.88 Å². The van der Waals surface area contributed by atoms with Crippen LogP contribution in [-0.2, 0) is 0 Å². The third-order valence-electron chi connectivity index (χ3n) is 4.84. The van der Waals surface area contributed by atoms with Crippen LogP contribution in [0, 0.1) is 23.2 Å². The van der Waals surface area contributed by atoms with E-state index in [1.165, 1.54) is 25.7 Å². The molecule has 0 radical (unpaired) electrons. The average Bonchev–Trinajstić information content (AvgIpc) is 2.14. The van der Waals surface area contributed by atoms with Crippen molar-refractivity contribution >= 4 is 11.6 Å². The number of rotatable bonds is 5. The number of halogens is 1. The van der Waals surface area contributed by atoms with Crippen LogP contribution in [0.1, 0.15) is 53.4 Å². The third-order valence-corrected chi connectivity index (χ3v) is 5.03. The monoisotopic (exact) mass is 216 g/mol. The fourth-order valence-corrected chi connectivity index (χ4v) is 3.52. The highest BCUT2D eigenvalue weighted by Crippen LogP contribution is 2.52. The molecule has 4 atom stereocenters. The van der Waals surface area contributed by atoms with Gasteiger partial charge in [-0.05, 0) is 36.0 Å². The summed E-state index contributed by atoms with van der Waals surface area (Å²) in [6.07, 6.45) is 5.34. The van der Waals surface area contributed by atoms with Gasteiger partial charge in [0.2, 0.25) is 0 Å². The minimum absolute atomic E-state index is 0.494. The van der Waals surface area contributed by atoms with Gasteiger partial charge in [0.05, 0.1) is 0 Å². The smallest absolute Gasteiger partial charge is 0.0228 e. The van der Waals surface area contributed by atoms with E-state index in [1.807, 2.05) is 0 Å². The van der Waals surface area contributed by atoms with Gasteiger partial charge in [0, 0.05) is 5.88 Å². The van der Waals surface area contributed by atoms with Gasteiger partial charge in [0.25, 0.3) is 0 Å². The molecule has 0 heterocycles. The van der Waals surface area contributed by atoms with Crippen molar-refractivity contribution in [2.75, 3.05) is 5.88 Å². The summed E-state index contributed by atoms with van der Waals surface area (Å²) in [5.74, 6) is 3.49. The summed E-state index contributed by atoms with van der Waals surface area (Å²) in [4.78, 5) is 0. The van der Waals surface area contributed by atoms with Crippen molar-refractivity contribution in [2.24, 2.45) is 23.2 Å². The molecule has 0 N–H and O–H groups in total. The maximum absolute atomic E-state index is 5.96. The Kier molecular flexibility index (Phi) is 4.30. The van der Waals surface area contributed by atoms with E-state index >= 15 is 0 Å². The molecule has 0 spiro atoms. The molecule has 1 saturated carbocycles. The van der Waals surface area contributed by atoms with Gasteiger partial charge < -0.3 is 0 Å². The molecule has 0 aromatic heterocycles. The summed E-state index contributed by atoms with van der Waals surface area (Å²) in [6.45, 7) is 9.57. The van der Waals surface area contributed by atoms with Crippen LogP contribution in [0.3, 0.4) is 0 Å². The van der Waals surface area contributed by atoms with Gasteiger partial charge in [-0.2, -0.15) is 0 Å². The second kappa shape index (κ2) is 4.88. The SMILES string of the molecule is CC[C@@H](C)[C@](C)(CCCl)C1CCC1C. The van der Waals surface area contributed by atoms with Crippen LogP contribution in [0.15, 0.2) is 0 Å². The lowest BCUT2D eigenvalue weighted by Crippen LogP contribution is -2.43. The molecule has 1 heteroatoms. The Morgan fingerprint density at radius 2 is 2.07 bits per heavy atom. The van der Waals surface area contributed by atoms with Crippen LogP contribution in [0.4, 0.5) is 0 Å². The highest BCUT2D eigenvalue weighted by atomic mass is 35.5. The molecular weight excluding hydrogens is 192 g/mol. The van der Waals surface area contributed by atoms with E-state index < -0.39 is 0 Å². The molecule has 1 aliphatic rings. The number of hydrogen-bond acceptors (Lipinski definition) is 0. The average molecular weight is 217 g/mol. The quantitative estimate of drug-likeness (QED) is 0.584. The molecule has 0 saturated heterocycles. The van der Waals surface area contributed by atoms with E-state index in [4.69, 9.17) is 11.6 Å². The summed E-state index contributed by atoms with van der Waals surface area (Å²) in [7, 11) is 0. The van der Waals surface area contributed by atoms with Crippen molar-refractivity contribution in [3.63, 3.8) is 0 Å². The van der Waals surface area contributed by atoms with E-state index in [0.717, 1.165) is 23.6 Å². The molecule has 2 unspecified atom stereocenters. The van der Waals surface area contributed by atoms with E-state index in [9.17, 15) is 0 Å². The Labute approximate surface area is 94.4 Å². The van der Waals surface area contributed by atoms with Gasteiger partial charge >= 0.3 is 0 Å². The van der Waals surface area contributed by atoms with Crippen molar-refractivity contribution < 1.29 is 0 Å².